The number of amides is 1. The van der Waals surface area contributed by atoms with Gasteiger partial charge in [-0.15, -0.1) is 0 Å². The molecule has 2 heterocycles. The molecule has 27 heavy (non-hydrogen) atoms. The minimum atomic E-state index is -0.706. The van der Waals surface area contributed by atoms with Crippen LogP contribution < -0.4 is 9.47 Å². The smallest absolute Gasteiger partial charge is 0.256 e. The monoisotopic (exact) mass is 376 g/mol. The van der Waals surface area contributed by atoms with Crippen molar-refractivity contribution >= 4 is 5.91 Å². The van der Waals surface area contributed by atoms with Crippen molar-refractivity contribution in [1.29, 1.82) is 0 Å². The molecule has 2 fully saturated rings. The highest BCUT2D eigenvalue weighted by Crippen LogP contribution is 2.32. The highest BCUT2D eigenvalue weighted by Gasteiger charge is 2.47. The van der Waals surface area contributed by atoms with Crippen LogP contribution in [-0.4, -0.2) is 67.8 Å². The molecule has 0 N–H and O–H groups in total. The molecule has 0 radical (unpaired) electrons. The summed E-state index contributed by atoms with van der Waals surface area (Å²) in [5.41, 5.74) is 0.409. The number of morpholine rings is 1. The van der Waals surface area contributed by atoms with E-state index in [2.05, 4.69) is 18.7 Å². The molecule has 1 spiro atoms. The van der Waals surface area contributed by atoms with Crippen LogP contribution in [0.15, 0.2) is 18.2 Å². The average Bonchev–Trinajstić information content (AvgIpc) is 2.81. The fourth-order valence-electron chi connectivity index (χ4n) is 4.14. The topological polar surface area (TPSA) is 51.2 Å². The highest BCUT2D eigenvalue weighted by molar-refractivity contribution is 5.86. The minimum Gasteiger partial charge on any atom is -0.497 e. The number of hydrogen-bond donors (Lipinski definition) is 0. The van der Waals surface area contributed by atoms with Crippen LogP contribution in [0.5, 0.6) is 11.5 Å². The zero-order valence-electron chi connectivity index (χ0n) is 17.0. The molecule has 1 aromatic carbocycles. The molecular weight excluding hydrogens is 344 g/mol. The molecule has 6 heteroatoms. The predicted octanol–water partition coefficient (Wildman–Crippen LogP) is 2.70. The third-order valence-corrected chi connectivity index (χ3v) is 5.59. The van der Waals surface area contributed by atoms with Crippen molar-refractivity contribution in [1.82, 2.24) is 9.80 Å². The lowest BCUT2D eigenvalue weighted by Crippen LogP contribution is -2.60. The first kappa shape index (κ1) is 20.0. The Morgan fingerprint density at radius 3 is 2.44 bits per heavy atom. The molecule has 2 aliphatic rings. The van der Waals surface area contributed by atoms with Gasteiger partial charge in [0.1, 0.15) is 11.5 Å². The van der Waals surface area contributed by atoms with E-state index < -0.39 is 5.60 Å². The van der Waals surface area contributed by atoms with E-state index in [0.29, 0.717) is 13.2 Å². The lowest BCUT2D eigenvalue weighted by Gasteiger charge is -2.43. The van der Waals surface area contributed by atoms with Gasteiger partial charge in [0.15, 0.2) is 5.60 Å². The second kappa shape index (κ2) is 8.48. The van der Waals surface area contributed by atoms with Gasteiger partial charge in [0.05, 0.1) is 20.8 Å². The van der Waals surface area contributed by atoms with E-state index in [1.807, 2.05) is 23.1 Å². The fraction of sp³-hybridized carbons (Fsp3) is 0.667. The summed E-state index contributed by atoms with van der Waals surface area (Å²) in [4.78, 5) is 17.6. The zero-order valence-corrected chi connectivity index (χ0v) is 17.0. The van der Waals surface area contributed by atoms with Crippen molar-refractivity contribution in [2.45, 2.75) is 51.3 Å². The summed E-state index contributed by atoms with van der Waals surface area (Å²) in [7, 11) is 3.32. The van der Waals surface area contributed by atoms with Crippen molar-refractivity contribution in [3.63, 3.8) is 0 Å². The van der Waals surface area contributed by atoms with Gasteiger partial charge in [0.2, 0.25) is 0 Å². The van der Waals surface area contributed by atoms with Gasteiger partial charge >= 0.3 is 0 Å². The summed E-state index contributed by atoms with van der Waals surface area (Å²) >= 11 is 0. The van der Waals surface area contributed by atoms with Crippen molar-refractivity contribution in [3.8, 4) is 11.5 Å². The van der Waals surface area contributed by atoms with Crippen LogP contribution in [0, 0.1) is 0 Å². The number of benzene rings is 1. The molecule has 0 bridgehead atoms. The Bertz CT molecular complexity index is 641. The lowest BCUT2D eigenvalue weighted by atomic mass is 9.93. The molecule has 2 saturated heterocycles. The number of ether oxygens (including phenoxy) is 3. The predicted molar refractivity (Wildman–Crippen MR) is 104 cm³/mol. The van der Waals surface area contributed by atoms with E-state index >= 15 is 0 Å². The van der Waals surface area contributed by atoms with Gasteiger partial charge in [0, 0.05) is 38.3 Å². The fourth-order valence-corrected chi connectivity index (χ4v) is 4.14. The van der Waals surface area contributed by atoms with E-state index in [1.165, 1.54) is 0 Å². The van der Waals surface area contributed by atoms with Crippen molar-refractivity contribution in [3.05, 3.63) is 23.8 Å². The number of hydrogen-bond acceptors (Lipinski definition) is 5. The van der Waals surface area contributed by atoms with Gasteiger partial charge in [-0.1, -0.05) is 0 Å². The number of nitrogens with zero attached hydrogens (tertiary/aromatic N) is 2. The van der Waals surface area contributed by atoms with Gasteiger partial charge < -0.3 is 19.1 Å². The van der Waals surface area contributed by atoms with Crippen LogP contribution in [0.1, 0.15) is 38.7 Å². The van der Waals surface area contributed by atoms with Crippen LogP contribution in [0.2, 0.25) is 0 Å². The highest BCUT2D eigenvalue weighted by atomic mass is 16.5. The van der Waals surface area contributed by atoms with E-state index in [0.717, 1.165) is 56.0 Å². The molecule has 2 aliphatic heterocycles. The van der Waals surface area contributed by atoms with Gasteiger partial charge in [-0.25, -0.2) is 0 Å². The first-order chi connectivity index (χ1) is 13.0. The van der Waals surface area contributed by atoms with Gasteiger partial charge in [0.25, 0.3) is 5.91 Å². The van der Waals surface area contributed by atoms with Crippen LogP contribution in [-0.2, 0) is 16.1 Å². The number of carbonyl (C=O) groups is 1. The number of carbonyl (C=O) groups excluding carboxylic acids is 1. The normalized spacial score (nSPS) is 24.3. The summed E-state index contributed by atoms with van der Waals surface area (Å²) in [6.07, 6.45) is 2.87. The first-order valence-electron chi connectivity index (χ1n) is 9.87. The Hall–Kier alpha value is -1.79. The second-order valence-electron chi connectivity index (χ2n) is 7.82. The zero-order chi connectivity index (χ0) is 19.4. The summed E-state index contributed by atoms with van der Waals surface area (Å²) < 4.78 is 16.9. The summed E-state index contributed by atoms with van der Waals surface area (Å²) in [5.74, 6) is 1.72. The molecule has 3 rings (SSSR count). The van der Waals surface area contributed by atoms with Crippen LogP contribution in [0.25, 0.3) is 0 Å². The first-order valence-corrected chi connectivity index (χ1v) is 9.87. The molecule has 1 unspecified atom stereocenters. The third kappa shape index (κ3) is 4.38. The van der Waals surface area contributed by atoms with E-state index in [-0.39, 0.29) is 11.9 Å². The summed E-state index contributed by atoms with van der Waals surface area (Å²) in [5, 5.41) is 0. The number of methoxy groups -OCH3 is 2. The lowest BCUT2D eigenvalue weighted by molar-refractivity contribution is -0.172. The second-order valence-corrected chi connectivity index (χ2v) is 7.82. The van der Waals surface area contributed by atoms with Gasteiger partial charge in [-0.3, -0.25) is 9.69 Å². The van der Waals surface area contributed by atoms with Crippen LogP contribution in [0.4, 0.5) is 0 Å². The molecule has 0 aromatic heterocycles. The molecule has 0 aliphatic carbocycles. The molecular formula is C21H32N2O4. The summed E-state index contributed by atoms with van der Waals surface area (Å²) in [6, 6.07) is 6.13. The maximum Gasteiger partial charge on any atom is 0.256 e. The molecule has 1 amide bonds. The van der Waals surface area contributed by atoms with E-state index in [4.69, 9.17) is 14.2 Å². The standard InChI is InChI=1S/C21H32N2O4/c1-16(2)23-8-6-5-7-21(20(23)24)15-22(9-10-27-21)14-17-11-18(25-3)13-19(12-17)26-4/h11-13,16H,5-10,14-15H2,1-4H3. The Morgan fingerprint density at radius 2 is 1.81 bits per heavy atom. The number of rotatable bonds is 5. The van der Waals surface area contributed by atoms with Gasteiger partial charge in [-0.05, 0) is 50.8 Å². The van der Waals surface area contributed by atoms with Gasteiger partial charge in [-0.2, -0.15) is 0 Å². The molecule has 1 atom stereocenters. The molecule has 6 nitrogen and oxygen atoms in total. The Morgan fingerprint density at radius 1 is 1.11 bits per heavy atom. The minimum absolute atomic E-state index is 0.155. The Kier molecular flexibility index (Phi) is 6.27. The van der Waals surface area contributed by atoms with Crippen molar-refractivity contribution < 1.29 is 19.0 Å². The number of likely N-dealkylation sites (tertiary alicyclic amines) is 1. The quantitative estimate of drug-likeness (QED) is 0.791. The third-order valence-electron chi connectivity index (χ3n) is 5.59. The Balaban J connectivity index is 1.78. The summed E-state index contributed by atoms with van der Waals surface area (Å²) in [6.45, 7) is 7.77. The van der Waals surface area contributed by atoms with Crippen LogP contribution >= 0.6 is 0 Å². The molecule has 0 saturated carbocycles. The van der Waals surface area contributed by atoms with Crippen LogP contribution in [0.3, 0.4) is 0 Å². The maximum atomic E-state index is 13.3. The largest absolute Gasteiger partial charge is 0.497 e. The average molecular weight is 376 g/mol. The molecule has 150 valence electrons. The van der Waals surface area contributed by atoms with E-state index in [9.17, 15) is 4.79 Å². The Labute approximate surface area is 162 Å². The SMILES string of the molecule is COc1cc(CN2CCOC3(CCCCN(C(C)C)C3=O)C2)cc(OC)c1. The van der Waals surface area contributed by atoms with Crippen molar-refractivity contribution in [2.75, 3.05) is 40.5 Å². The van der Waals surface area contributed by atoms with Crippen molar-refractivity contribution in [2.24, 2.45) is 0 Å². The van der Waals surface area contributed by atoms with E-state index in [1.54, 1.807) is 14.2 Å². The maximum absolute atomic E-state index is 13.3. The molecule has 1 aromatic rings.